The number of benzene rings is 1. The second-order valence-corrected chi connectivity index (χ2v) is 6.68. The second kappa shape index (κ2) is 5.38. The van der Waals surface area contributed by atoms with E-state index >= 15 is 0 Å². The Morgan fingerprint density at radius 3 is 2.35 bits per heavy atom. The lowest BCUT2D eigenvalue weighted by Gasteiger charge is -2.12. The molecule has 0 atom stereocenters. The molecule has 1 fully saturated rings. The highest BCUT2D eigenvalue weighted by Gasteiger charge is 2.21. The van der Waals surface area contributed by atoms with Crippen molar-refractivity contribution < 1.29 is 8.42 Å². The van der Waals surface area contributed by atoms with Crippen LogP contribution in [-0.4, -0.2) is 14.5 Å². The normalized spacial score (nSPS) is 17.5. The van der Waals surface area contributed by atoms with Crippen LogP contribution in [-0.2, 0) is 15.8 Å². The quantitative estimate of drug-likeness (QED) is 0.917. The van der Waals surface area contributed by atoms with Gasteiger partial charge >= 0.3 is 0 Å². The van der Waals surface area contributed by atoms with E-state index in [0.717, 1.165) is 31.2 Å². The van der Waals surface area contributed by atoms with Gasteiger partial charge in [0.15, 0.2) is 0 Å². The molecule has 0 bridgehead atoms. The molecular formula is C12H16ClNO2S. The maximum atomic E-state index is 11.9. The third-order valence-corrected chi connectivity index (χ3v) is 4.63. The van der Waals surface area contributed by atoms with Crippen LogP contribution in [0.3, 0.4) is 0 Å². The highest BCUT2D eigenvalue weighted by atomic mass is 35.5. The lowest BCUT2D eigenvalue weighted by molar-refractivity contribution is 0.551. The number of hydrogen-bond donors (Lipinski definition) is 1. The minimum absolute atomic E-state index is 0.0284. The monoisotopic (exact) mass is 273 g/mol. The summed E-state index contributed by atoms with van der Waals surface area (Å²) in [7, 11) is -3.22. The largest absolute Gasteiger partial charge is 0.216 e. The van der Waals surface area contributed by atoms with Crippen molar-refractivity contribution in [3.8, 4) is 0 Å². The van der Waals surface area contributed by atoms with Crippen LogP contribution in [0.2, 0.25) is 5.02 Å². The fourth-order valence-electron chi connectivity index (χ4n) is 2.14. The van der Waals surface area contributed by atoms with Gasteiger partial charge < -0.3 is 0 Å². The van der Waals surface area contributed by atoms with E-state index in [1.54, 1.807) is 24.3 Å². The molecule has 0 aliphatic heterocycles. The summed E-state index contributed by atoms with van der Waals surface area (Å²) < 4.78 is 26.6. The van der Waals surface area contributed by atoms with Gasteiger partial charge in [0.1, 0.15) is 0 Å². The average molecular weight is 274 g/mol. The first-order valence-corrected chi connectivity index (χ1v) is 7.83. The Labute approximate surface area is 107 Å². The zero-order valence-electron chi connectivity index (χ0n) is 9.52. The fourth-order valence-corrected chi connectivity index (χ4v) is 3.72. The van der Waals surface area contributed by atoms with Crippen LogP contribution in [0.25, 0.3) is 0 Å². The molecule has 2 rings (SSSR count). The molecule has 1 aliphatic carbocycles. The maximum Gasteiger partial charge on any atom is 0.216 e. The Hall–Kier alpha value is -0.580. The Morgan fingerprint density at radius 1 is 1.18 bits per heavy atom. The molecule has 1 aromatic rings. The van der Waals surface area contributed by atoms with Gasteiger partial charge in [0.2, 0.25) is 10.0 Å². The van der Waals surface area contributed by atoms with Crippen LogP contribution in [0, 0.1) is 0 Å². The minimum atomic E-state index is -3.22. The van der Waals surface area contributed by atoms with Gasteiger partial charge in [0, 0.05) is 11.1 Å². The topological polar surface area (TPSA) is 46.2 Å². The molecule has 1 aromatic carbocycles. The Bertz CT molecular complexity index is 464. The van der Waals surface area contributed by atoms with Crippen molar-refractivity contribution in [3.63, 3.8) is 0 Å². The predicted octanol–water partition coefficient (Wildman–Crippen LogP) is 2.70. The van der Waals surface area contributed by atoms with Crippen LogP contribution in [0.4, 0.5) is 0 Å². The lowest BCUT2D eigenvalue weighted by atomic mass is 10.2. The second-order valence-electron chi connectivity index (χ2n) is 4.48. The fraction of sp³-hybridized carbons (Fsp3) is 0.500. The molecule has 0 radical (unpaired) electrons. The third-order valence-electron chi connectivity index (χ3n) is 2.97. The molecule has 5 heteroatoms. The van der Waals surface area contributed by atoms with Crippen molar-refractivity contribution in [3.05, 3.63) is 34.9 Å². The standard InChI is InChI=1S/C12H16ClNO2S/c13-11-7-5-10(6-8-11)9-17(15,16)14-12-3-1-2-4-12/h5-8,12,14H,1-4,9H2. The summed E-state index contributed by atoms with van der Waals surface area (Å²) in [4.78, 5) is 0. The summed E-state index contributed by atoms with van der Waals surface area (Å²) in [5.74, 6) is 0.0284. The van der Waals surface area contributed by atoms with E-state index in [1.807, 2.05) is 0 Å². The maximum absolute atomic E-state index is 11.9. The van der Waals surface area contributed by atoms with E-state index in [2.05, 4.69) is 4.72 Å². The zero-order chi connectivity index (χ0) is 12.3. The minimum Gasteiger partial charge on any atom is -0.212 e. The molecule has 0 heterocycles. The molecule has 0 aromatic heterocycles. The van der Waals surface area contributed by atoms with Crippen molar-refractivity contribution in [1.29, 1.82) is 0 Å². The first-order chi connectivity index (χ1) is 8.05. The Kier molecular flexibility index (Phi) is 4.07. The first kappa shape index (κ1) is 12.9. The summed E-state index contributed by atoms with van der Waals surface area (Å²) in [6.07, 6.45) is 4.15. The van der Waals surface area contributed by atoms with E-state index < -0.39 is 10.0 Å². The van der Waals surface area contributed by atoms with E-state index in [4.69, 9.17) is 11.6 Å². The van der Waals surface area contributed by atoms with Crippen LogP contribution < -0.4 is 4.72 Å². The molecule has 0 unspecified atom stereocenters. The number of halogens is 1. The van der Waals surface area contributed by atoms with Crippen LogP contribution in [0.1, 0.15) is 31.2 Å². The highest BCUT2D eigenvalue weighted by Crippen LogP contribution is 2.19. The molecule has 3 nitrogen and oxygen atoms in total. The predicted molar refractivity (Wildman–Crippen MR) is 69.5 cm³/mol. The molecular weight excluding hydrogens is 258 g/mol. The first-order valence-electron chi connectivity index (χ1n) is 5.80. The number of hydrogen-bond acceptors (Lipinski definition) is 2. The van der Waals surface area contributed by atoms with Crippen molar-refractivity contribution in [2.24, 2.45) is 0 Å². The molecule has 0 spiro atoms. The number of sulfonamides is 1. The summed E-state index contributed by atoms with van der Waals surface area (Å²) in [6, 6.07) is 7.04. The van der Waals surface area contributed by atoms with E-state index in [-0.39, 0.29) is 11.8 Å². The van der Waals surface area contributed by atoms with Gasteiger partial charge in [-0.05, 0) is 30.5 Å². The molecule has 1 saturated carbocycles. The summed E-state index contributed by atoms with van der Waals surface area (Å²) in [6.45, 7) is 0. The molecule has 0 saturated heterocycles. The summed E-state index contributed by atoms with van der Waals surface area (Å²) in [5.41, 5.74) is 0.764. The van der Waals surface area contributed by atoms with Gasteiger partial charge in [-0.25, -0.2) is 13.1 Å². The smallest absolute Gasteiger partial charge is 0.212 e. The van der Waals surface area contributed by atoms with Gasteiger partial charge in [-0.2, -0.15) is 0 Å². The Balaban J connectivity index is 1.98. The van der Waals surface area contributed by atoms with Gasteiger partial charge in [-0.1, -0.05) is 36.6 Å². The van der Waals surface area contributed by atoms with Crippen molar-refractivity contribution in [2.75, 3.05) is 0 Å². The van der Waals surface area contributed by atoms with E-state index in [9.17, 15) is 8.42 Å². The Morgan fingerprint density at radius 2 is 1.76 bits per heavy atom. The van der Waals surface area contributed by atoms with Gasteiger partial charge in [0.05, 0.1) is 5.75 Å². The van der Waals surface area contributed by atoms with Crippen molar-refractivity contribution in [1.82, 2.24) is 4.72 Å². The van der Waals surface area contributed by atoms with Gasteiger partial charge in [-0.3, -0.25) is 0 Å². The van der Waals surface area contributed by atoms with Gasteiger partial charge in [-0.15, -0.1) is 0 Å². The SMILES string of the molecule is O=S(=O)(Cc1ccc(Cl)cc1)NC1CCCC1. The van der Waals surface area contributed by atoms with Crippen molar-refractivity contribution in [2.45, 2.75) is 37.5 Å². The van der Waals surface area contributed by atoms with E-state index in [0.29, 0.717) is 5.02 Å². The molecule has 94 valence electrons. The zero-order valence-corrected chi connectivity index (χ0v) is 11.1. The highest BCUT2D eigenvalue weighted by molar-refractivity contribution is 7.88. The van der Waals surface area contributed by atoms with Crippen LogP contribution in [0.5, 0.6) is 0 Å². The average Bonchev–Trinajstić information content (AvgIpc) is 2.73. The molecule has 17 heavy (non-hydrogen) atoms. The van der Waals surface area contributed by atoms with E-state index in [1.165, 1.54) is 0 Å². The summed E-state index contributed by atoms with van der Waals surface area (Å²) in [5, 5.41) is 0.620. The molecule has 1 aliphatic rings. The number of rotatable bonds is 4. The molecule has 0 amide bonds. The molecule has 1 N–H and O–H groups in total. The lowest BCUT2D eigenvalue weighted by Crippen LogP contribution is -2.33. The van der Waals surface area contributed by atoms with Crippen LogP contribution in [0.15, 0.2) is 24.3 Å². The third kappa shape index (κ3) is 3.98. The van der Waals surface area contributed by atoms with Crippen LogP contribution >= 0.6 is 11.6 Å². The number of nitrogens with one attached hydrogen (secondary N) is 1. The van der Waals surface area contributed by atoms with Gasteiger partial charge in [0.25, 0.3) is 0 Å². The summed E-state index contributed by atoms with van der Waals surface area (Å²) >= 11 is 5.76. The van der Waals surface area contributed by atoms with Crippen molar-refractivity contribution >= 4 is 21.6 Å².